The Bertz CT molecular complexity index is 109. The van der Waals surface area contributed by atoms with Gasteiger partial charge in [-0.05, 0) is 12.3 Å². The Morgan fingerprint density at radius 2 is 1.92 bits per heavy atom. The summed E-state index contributed by atoms with van der Waals surface area (Å²) in [5.74, 6) is 0.879. The van der Waals surface area contributed by atoms with E-state index in [1.807, 2.05) is 13.8 Å². The molecule has 0 aliphatic carbocycles. The second kappa shape index (κ2) is 6.61. The molecule has 4 heteroatoms. The van der Waals surface area contributed by atoms with Gasteiger partial charge in [0.25, 0.3) is 6.43 Å². The summed E-state index contributed by atoms with van der Waals surface area (Å²) >= 11 is 5.59. The molecular weight excluding hydrogens is 184 g/mol. The Hall–Kier alpha value is 0.110. The van der Waals surface area contributed by atoms with Gasteiger partial charge in [0.2, 0.25) is 0 Å². The molecule has 0 heterocycles. The molecule has 0 spiro atoms. The van der Waals surface area contributed by atoms with E-state index in [0.717, 1.165) is 6.42 Å². The number of rotatable bonds is 6. The van der Waals surface area contributed by atoms with Crippen molar-refractivity contribution in [3.63, 3.8) is 0 Å². The molecule has 1 nitrogen and oxygen atoms in total. The first-order chi connectivity index (χ1) is 5.56. The van der Waals surface area contributed by atoms with Crippen molar-refractivity contribution in [2.45, 2.75) is 32.7 Å². The van der Waals surface area contributed by atoms with E-state index in [4.69, 9.17) is 11.6 Å². The second-order valence-electron chi connectivity index (χ2n) is 3.28. The second-order valence-corrected chi connectivity index (χ2v) is 3.59. The maximum atomic E-state index is 11.8. The first-order valence-electron chi connectivity index (χ1n) is 4.13. The highest BCUT2D eigenvalue weighted by Gasteiger charge is 2.11. The maximum Gasteiger partial charge on any atom is 0.250 e. The average molecular weight is 200 g/mol. The maximum absolute atomic E-state index is 11.8. The van der Waals surface area contributed by atoms with Gasteiger partial charge in [-0.2, -0.15) is 0 Å². The van der Waals surface area contributed by atoms with Crippen LogP contribution in [0.1, 0.15) is 20.3 Å². The number of alkyl halides is 3. The van der Waals surface area contributed by atoms with Crippen LogP contribution in [0.3, 0.4) is 0 Å². The van der Waals surface area contributed by atoms with Crippen LogP contribution in [0, 0.1) is 5.92 Å². The Balaban J connectivity index is 3.53. The highest BCUT2D eigenvalue weighted by atomic mass is 35.5. The standard InChI is InChI=1S/C8H16ClF2N/c1-6(2)3-7(4-9)12-5-8(10)11/h6-8,12H,3-5H2,1-2H3. The summed E-state index contributed by atoms with van der Waals surface area (Å²) in [6.07, 6.45) is -1.45. The van der Waals surface area contributed by atoms with Crippen LogP contribution in [-0.2, 0) is 0 Å². The van der Waals surface area contributed by atoms with Crippen molar-refractivity contribution >= 4 is 11.6 Å². The van der Waals surface area contributed by atoms with Crippen LogP contribution >= 0.6 is 11.6 Å². The fourth-order valence-electron chi connectivity index (χ4n) is 1.03. The van der Waals surface area contributed by atoms with Crippen molar-refractivity contribution in [2.75, 3.05) is 12.4 Å². The lowest BCUT2D eigenvalue weighted by molar-refractivity contribution is 0.141. The summed E-state index contributed by atoms with van der Waals surface area (Å²) in [6.45, 7) is 3.83. The van der Waals surface area contributed by atoms with E-state index < -0.39 is 6.43 Å². The predicted octanol–water partition coefficient (Wildman–Crippen LogP) is 2.49. The molecule has 0 aromatic carbocycles. The highest BCUT2D eigenvalue weighted by Crippen LogP contribution is 2.06. The monoisotopic (exact) mass is 199 g/mol. The molecule has 0 amide bonds. The molecule has 0 saturated heterocycles. The number of hydrogen-bond donors (Lipinski definition) is 1. The molecule has 12 heavy (non-hydrogen) atoms. The largest absolute Gasteiger partial charge is 0.307 e. The Labute approximate surface area is 77.5 Å². The zero-order chi connectivity index (χ0) is 9.56. The van der Waals surface area contributed by atoms with Gasteiger partial charge >= 0.3 is 0 Å². The van der Waals surface area contributed by atoms with E-state index in [9.17, 15) is 8.78 Å². The molecule has 0 aliphatic heterocycles. The lowest BCUT2D eigenvalue weighted by atomic mass is 10.1. The molecule has 0 rings (SSSR count). The molecule has 74 valence electrons. The van der Waals surface area contributed by atoms with Gasteiger partial charge in [0.05, 0.1) is 6.54 Å². The molecule has 1 unspecified atom stereocenters. The smallest absolute Gasteiger partial charge is 0.250 e. The van der Waals surface area contributed by atoms with Crippen LogP contribution in [0.2, 0.25) is 0 Å². The molecule has 1 N–H and O–H groups in total. The van der Waals surface area contributed by atoms with Gasteiger partial charge in [-0.25, -0.2) is 8.78 Å². The Kier molecular flexibility index (Phi) is 6.67. The normalized spacial score (nSPS) is 14.2. The van der Waals surface area contributed by atoms with E-state index in [0.29, 0.717) is 11.8 Å². The van der Waals surface area contributed by atoms with Crippen molar-refractivity contribution in [1.29, 1.82) is 0 Å². The minimum atomic E-state index is -2.29. The molecule has 1 atom stereocenters. The van der Waals surface area contributed by atoms with Crippen LogP contribution in [-0.4, -0.2) is 24.9 Å². The molecule has 0 fully saturated rings. The third-order valence-electron chi connectivity index (χ3n) is 1.50. The average Bonchev–Trinajstić information content (AvgIpc) is 1.97. The van der Waals surface area contributed by atoms with E-state index in [2.05, 4.69) is 5.32 Å². The summed E-state index contributed by atoms with van der Waals surface area (Å²) in [5.41, 5.74) is 0. The quantitative estimate of drug-likeness (QED) is 0.649. The van der Waals surface area contributed by atoms with Crippen molar-refractivity contribution in [2.24, 2.45) is 5.92 Å². The van der Waals surface area contributed by atoms with Crippen LogP contribution in [0.5, 0.6) is 0 Å². The summed E-state index contributed by atoms with van der Waals surface area (Å²) in [4.78, 5) is 0. The highest BCUT2D eigenvalue weighted by molar-refractivity contribution is 6.18. The molecule has 0 aromatic rings. The van der Waals surface area contributed by atoms with Crippen LogP contribution in [0.25, 0.3) is 0 Å². The zero-order valence-corrected chi connectivity index (χ0v) is 8.24. The van der Waals surface area contributed by atoms with Gasteiger partial charge in [0, 0.05) is 11.9 Å². The molecule has 0 aromatic heterocycles. The third kappa shape index (κ3) is 6.80. The fourth-order valence-corrected chi connectivity index (χ4v) is 1.26. The van der Waals surface area contributed by atoms with E-state index in [1.165, 1.54) is 0 Å². The minimum absolute atomic E-state index is 0.0145. The molecule has 0 bridgehead atoms. The summed E-state index contributed by atoms with van der Waals surface area (Å²) in [5, 5.41) is 2.72. The molecule has 0 aliphatic rings. The van der Waals surface area contributed by atoms with Gasteiger partial charge in [-0.1, -0.05) is 13.8 Å². The Morgan fingerprint density at radius 1 is 1.33 bits per heavy atom. The lowest BCUT2D eigenvalue weighted by Gasteiger charge is -2.17. The SMILES string of the molecule is CC(C)CC(CCl)NCC(F)F. The van der Waals surface area contributed by atoms with Gasteiger partial charge in [-0.15, -0.1) is 11.6 Å². The first-order valence-corrected chi connectivity index (χ1v) is 4.67. The molecule has 0 saturated carbocycles. The number of hydrogen-bond acceptors (Lipinski definition) is 1. The van der Waals surface area contributed by atoms with Crippen molar-refractivity contribution < 1.29 is 8.78 Å². The minimum Gasteiger partial charge on any atom is -0.307 e. The summed E-state index contributed by atoms with van der Waals surface area (Å²) in [6, 6.07) is 0.0145. The predicted molar refractivity (Wildman–Crippen MR) is 48.0 cm³/mol. The van der Waals surface area contributed by atoms with E-state index >= 15 is 0 Å². The van der Waals surface area contributed by atoms with Crippen LogP contribution in [0.15, 0.2) is 0 Å². The van der Waals surface area contributed by atoms with Crippen LogP contribution in [0.4, 0.5) is 8.78 Å². The van der Waals surface area contributed by atoms with Crippen molar-refractivity contribution in [3.05, 3.63) is 0 Å². The van der Waals surface area contributed by atoms with Gasteiger partial charge < -0.3 is 5.32 Å². The fraction of sp³-hybridized carbons (Fsp3) is 1.00. The number of halogens is 3. The first kappa shape index (κ1) is 12.1. The topological polar surface area (TPSA) is 12.0 Å². The van der Waals surface area contributed by atoms with Gasteiger partial charge in [0.1, 0.15) is 0 Å². The lowest BCUT2D eigenvalue weighted by Crippen LogP contribution is -2.35. The number of nitrogens with one attached hydrogen (secondary N) is 1. The van der Waals surface area contributed by atoms with Crippen molar-refractivity contribution in [1.82, 2.24) is 5.32 Å². The third-order valence-corrected chi connectivity index (χ3v) is 1.88. The zero-order valence-electron chi connectivity index (χ0n) is 7.49. The van der Waals surface area contributed by atoms with Gasteiger partial charge in [-0.3, -0.25) is 0 Å². The Morgan fingerprint density at radius 3 is 2.25 bits per heavy atom. The van der Waals surface area contributed by atoms with E-state index in [1.54, 1.807) is 0 Å². The summed E-state index contributed by atoms with van der Waals surface area (Å²) < 4.78 is 23.5. The van der Waals surface area contributed by atoms with E-state index in [-0.39, 0.29) is 12.6 Å². The van der Waals surface area contributed by atoms with Crippen LogP contribution < -0.4 is 5.32 Å². The van der Waals surface area contributed by atoms with Crippen molar-refractivity contribution in [3.8, 4) is 0 Å². The summed E-state index contributed by atoms with van der Waals surface area (Å²) in [7, 11) is 0. The van der Waals surface area contributed by atoms with Gasteiger partial charge in [0.15, 0.2) is 0 Å². The molecular formula is C8H16ClF2N. The molecule has 0 radical (unpaired) electrons.